The Morgan fingerprint density at radius 3 is 2.12 bits per heavy atom. The Bertz CT molecular complexity index is 1420. The average molecular weight is 579 g/mol. The van der Waals surface area contributed by atoms with Gasteiger partial charge in [0.2, 0.25) is 0 Å². The van der Waals surface area contributed by atoms with Gasteiger partial charge in [-0.05, 0) is 56.3 Å². The molecule has 0 spiro atoms. The first-order valence-electron chi connectivity index (χ1n) is 13.2. The van der Waals surface area contributed by atoms with E-state index in [0.717, 1.165) is 25.2 Å². The normalized spacial score (nSPS) is 19.3. The molecule has 0 saturated carbocycles. The minimum atomic E-state index is -4.57. The molecule has 3 aromatic rings. The molecule has 0 bridgehead atoms. The molecule has 0 atom stereocenters. The molecular weight excluding hydrogens is 545 g/mol. The summed E-state index contributed by atoms with van der Waals surface area (Å²) in [6, 6.07) is 11.8. The zero-order chi connectivity index (χ0) is 28.8. The first-order valence-corrected chi connectivity index (χ1v) is 15.1. The maximum Gasteiger partial charge on any atom is 0.416 e. The number of rotatable bonds is 4. The monoisotopic (exact) mass is 578 g/mol. The van der Waals surface area contributed by atoms with Gasteiger partial charge in [-0.2, -0.15) is 23.8 Å². The predicted molar refractivity (Wildman–Crippen MR) is 149 cm³/mol. The first-order chi connectivity index (χ1) is 18.8. The van der Waals surface area contributed by atoms with Gasteiger partial charge in [0.15, 0.2) is 0 Å². The number of carbonyl (C=O) groups is 2. The highest BCUT2D eigenvalue weighted by atomic mass is 32.3. The van der Waals surface area contributed by atoms with Crippen LogP contribution in [0.5, 0.6) is 0 Å². The molecule has 2 amide bonds. The highest BCUT2D eigenvalue weighted by Gasteiger charge is 2.32. The number of piperazine rings is 1. The summed E-state index contributed by atoms with van der Waals surface area (Å²) in [5.74, 6) is -0.469. The van der Waals surface area contributed by atoms with Crippen LogP contribution in [0.2, 0.25) is 0 Å². The summed E-state index contributed by atoms with van der Waals surface area (Å²) < 4.78 is 62.1. The fourth-order valence-corrected chi connectivity index (χ4v) is 6.55. The molecular formula is C28H33F3N4O4S. The number of halogens is 3. The highest BCUT2D eigenvalue weighted by molar-refractivity contribution is 8.24. The Labute approximate surface area is 232 Å². The van der Waals surface area contributed by atoms with E-state index in [1.54, 1.807) is 29.2 Å². The second-order valence-electron chi connectivity index (χ2n) is 10.6. The molecule has 2 aliphatic heterocycles. The van der Waals surface area contributed by atoms with Crippen LogP contribution in [0, 0.1) is 0 Å². The predicted octanol–water partition coefficient (Wildman–Crippen LogP) is 5.02. The van der Waals surface area contributed by atoms with Crippen molar-refractivity contribution in [3.63, 3.8) is 0 Å². The Morgan fingerprint density at radius 1 is 0.850 bits per heavy atom. The van der Waals surface area contributed by atoms with Gasteiger partial charge in [0.05, 0.1) is 22.6 Å². The Kier molecular flexibility index (Phi) is 7.64. The van der Waals surface area contributed by atoms with Crippen molar-refractivity contribution in [3.05, 3.63) is 65.4 Å². The Morgan fingerprint density at radius 2 is 1.50 bits per heavy atom. The largest absolute Gasteiger partial charge is 0.416 e. The third-order valence-electron chi connectivity index (χ3n) is 7.69. The molecule has 8 nitrogen and oxygen atoms in total. The van der Waals surface area contributed by atoms with E-state index < -0.39 is 28.2 Å². The zero-order valence-corrected chi connectivity index (χ0v) is 23.2. The van der Waals surface area contributed by atoms with E-state index in [0.29, 0.717) is 35.6 Å². The van der Waals surface area contributed by atoms with Gasteiger partial charge in [0, 0.05) is 61.9 Å². The first kappa shape index (κ1) is 28.5. The van der Waals surface area contributed by atoms with Crippen molar-refractivity contribution >= 4 is 33.3 Å². The van der Waals surface area contributed by atoms with Crippen molar-refractivity contribution in [1.29, 1.82) is 0 Å². The molecule has 216 valence electrons. The van der Waals surface area contributed by atoms with E-state index in [4.69, 9.17) is 0 Å². The van der Waals surface area contributed by atoms with Gasteiger partial charge >= 0.3 is 6.18 Å². The summed E-state index contributed by atoms with van der Waals surface area (Å²) in [7, 11) is -2.75. The van der Waals surface area contributed by atoms with Crippen molar-refractivity contribution in [2.24, 2.45) is 0 Å². The summed E-state index contributed by atoms with van der Waals surface area (Å²) in [4.78, 5) is 32.6. The standard InChI is InChI=1S/C28H33F3N4O4S/c1-19(2)32-8-10-33(11-9-32)26(36)20-6-7-24-21(16-20)17-25(27(37)34-12-14-40(38,39)15-13-34)35(24)23-5-3-4-22(18-23)28(29,30)31/h3-7,16-19,38-39H,8-15H2,1-2H3. The van der Waals surface area contributed by atoms with Crippen molar-refractivity contribution in [3.8, 4) is 5.69 Å². The second-order valence-corrected chi connectivity index (χ2v) is 13.0. The summed E-state index contributed by atoms with van der Waals surface area (Å²) in [6.45, 7) is 7.22. The second kappa shape index (κ2) is 10.7. The number of aromatic nitrogens is 1. The van der Waals surface area contributed by atoms with Crippen molar-refractivity contribution < 1.29 is 31.9 Å². The molecule has 2 aromatic carbocycles. The summed E-state index contributed by atoms with van der Waals surface area (Å²) in [6.07, 6.45) is -4.57. The van der Waals surface area contributed by atoms with Crippen LogP contribution in [-0.2, 0) is 6.18 Å². The van der Waals surface area contributed by atoms with Crippen LogP contribution < -0.4 is 0 Å². The van der Waals surface area contributed by atoms with Crippen LogP contribution in [0.3, 0.4) is 0 Å². The number of amides is 2. The highest BCUT2D eigenvalue weighted by Crippen LogP contribution is 2.41. The molecule has 0 aliphatic carbocycles. The van der Waals surface area contributed by atoms with E-state index in [1.807, 2.05) is 0 Å². The quantitative estimate of drug-likeness (QED) is 0.454. The van der Waals surface area contributed by atoms with Crippen LogP contribution in [0.1, 0.15) is 40.3 Å². The minimum absolute atomic E-state index is 0.0469. The molecule has 2 fully saturated rings. The van der Waals surface area contributed by atoms with Crippen molar-refractivity contribution in [2.75, 3.05) is 50.8 Å². The molecule has 2 saturated heterocycles. The van der Waals surface area contributed by atoms with Crippen molar-refractivity contribution in [1.82, 2.24) is 19.3 Å². The number of fused-ring (bicyclic) bond motifs is 1. The molecule has 40 heavy (non-hydrogen) atoms. The molecule has 2 N–H and O–H groups in total. The molecule has 3 heterocycles. The van der Waals surface area contributed by atoms with Gasteiger partial charge in [-0.3, -0.25) is 23.6 Å². The lowest BCUT2D eigenvalue weighted by atomic mass is 10.1. The minimum Gasteiger partial charge on any atom is -0.336 e. The number of hydrogen-bond donors (Lipinski definition) is 2. The van der Waals surface area contributed by atoms with Crippen LogP contribution in [0.4, 0.5) is 13.2 Å². The van der Waals surface area contributed by atoms with Crippen molar-refractivity contribution in [2.45, 2.75) is 26.1 Å². The summed E-state index contributed by atoms with van der Waals surface area (Å²) >= 11 is 0. The van der Waals surface area contributed by atoms with Crippen LogP contribution >= 0.6 is 10.6 Å². The molecule has 2 aliphatic rings. The maximum atomic E-state index is 13.7. The van der Waals surface area contributed by atoms with Gasteiger partial charge in [0.1, 0.15) is 5.69 Å². The fourth-order valence-electron chi connectivity index (χ4n) is 5.32. The third-order valence-corrected chi connectivity index (χ3v) is 9.37. The zero-order valence-electron chi connectivity index (χ0n) is 22.4. The third kappa shape index (κ3) is 5.71. The number of benzene rings is 2. The number of hydrogen-bond acceptors (Lipinski definition) is 5. The van der Waals surface area contributed by atoms with Gasteiger partial charge in [0.25, 0.3) is 11.8 Å². The fraction of sp³-hybridized carbons (Fsp3) is 0.429. The lowest BCUT2D eigenvalue weighted by molar-refractivity contribution is -0.137. The van der Waals surface area contributed by atoms with Gasteiger partial charge < -0.3 is 14.4 Å². The smallest absolute Gasteiger partial charge is 0.336 e. The molecule has 5 rings (SSSR count). The number of carbonyl (C=O) groups excluding carboxylic acids is 2. The van der Waals surface area contributed by atoms with E-state index in [-0.39, 0.29) is 41.9 Å². The Balaban J connectivity index is 1.53. The number of alkyl halides is 3. The summed E-state index contributed by atoms with van der Waals surface area (Å²) in [5.41, 5.74) is 0.397. The van der Waals surface area contributed by atoms with E-state index >= 15 is 0 Å². The van der Waals surface area contributed by atoms with Crippen LogP contribution in [0.15, 0.2) is 48.5 Å². The van der Waals surface area contributed by atoms with Crippen LogP contribution in [-0.4, -0.2) is 97.0 Å². The van der Waals surface area contributed by atoms with Gasteiger partial charge in [-0.15, -0.1) is 0 Å². The molecule has 12 heteroatoms. The molecule has 0 radical (unpaired) electrons. The SMILES string of the molecule is CC(C)N1CCN(C(=O)c2ccc3c(c2)cc(C(=O)N2CCS(O)(O)CC2)n3-c2cccc(C(F)(F)F)c2)CC1. The molecule has 0 unspecified atom stereocenters. The lowest BCUT2D eigenvalue weighted by Crippen LogP contribution is -2.50. The molecule has 1 aromatic heterocycles. The Hall–Kier alpha value is -3.06. The average Bonchev–Trinajstić information content (AvgIpc) is 3.31. The number of nitrogens with zero attached hydrogens (tertiary/aromatic N) is 4. The maximum absolute atomic E-state index is 13.7. The van der Waals surface area contributed by atoms with Gasteiger partial charge in [-0.1, -0.05) is 6.07 Å². The van der Waals surface area contributed by atoms with Crippen LogP contribution in [0.25, 0.3) is 16.6 Å². The topological polar surface area (TPSA) is 89.2 Å². The lowest BCUT2D eigenvalue weighted by Gasteiger charge is -2.40. The van der Waals surface area contributed by atoms with E-state index in [9.17, 15) is 31.9 Å². The van der Waals surface area contributed by atoms with E-state index in [2.05, 4.69) is 18.7 Å². The van der Waals surface area contributed by atoms with Gasteiger partial charge in [-0.25, -0.2) is 0 Å². The van der Waals surface area contributed by atoms with E-state index in [1.165, 1.54) is 21.6 Å². The summed E-state index contributed by atoms with van der Waals surface area (Å²) in [5, 5.41) is 0.550.